The zero-order chi connectivity index (χ0) is 13.1. The highest BCUT2D eigenvalue weighted by Gasteiger charge is 2.30. The SMILES string of the molecule is COc1cccc(C2CC(NCc3ccco3)C2)c1. The standard InChI is InChI=1S/C16H19NO2/c1-18-15-5-2-4-12(10-15)13-8-14(9-13)17-11-16-6-3-7-19-16/h2-7,10,13-14,17H,8-9,11H2,1H3. The van der Waals surface area contributed by atoms with E-state index < -0.39 is 0 Å². The highest BCUT2D eigenvalue weighted by atomic mass is 16.5. The van der Waals surface area contributed by atoms with Gasteiger partial charge in [-0.15, -0.1) is 0 Å². The van der Waals surface area contributed by atoms with Crippen LogP contribution in [0.15, 0.2) is 47.1 Å². The summed E-state index contributed by atoms with van der Waals surface area (Å²) in [6, 6.07) is 12.9. The summed E-state index contributed by atoms with van der Waals surface area (Å²) >= 11 is 0. The number of nitrogens with one attached hydrogen (secondary N) is 1. The third-order valence-corrected chi connectivity index (χ3v) is 3.85. The first-order valence-corrected chi connectivity index (χ1v) is 6.75. The number of rotatable bonds is 5. The van der Waals surface area contributed by atoms with Crippen LogP contribution in [0.3, 0.4) is 0 Å². The topological polar surface area (TPSA) is 34.4 Å². The number of benzene rings is 1. The quantitative estimate of drug-likeness (QED) is 0.892. The van der Waals surface area contributed by atoms with Crippen LogP contribution < -0.4 is 10.1 Å². The van der Waals surface area contributed by atoms with Crippen molar-refractivity contribution >= 4 is 0 Å². The van der Waals surface area contributed by atoms with E-state index in [4.69, 9.17) is 9.15 Å². The molecule has 3 rings (SSSR count). The van der Waals surface area contributed by atoms with Crippen LogP contribution in [-0.4, -0.2) is 13.2 Å². The fourth-order valence-electron chi connectivity index (χ4n) is 2.61. The lowest BCUT2D eigenvalue weighted by Crippen LogP contribution is -2.39. The summed E-state index contributed by atoms with van der Waals surface area (Å²) in [4.78, 5) is 0. The van der Waals surface area contributed by atoms with Gasteiger partial charge in [0.25, 0.3) is 0 Å². The second-order valence-electron chi connectivity index (χ2n) is 5.10. The maximum Gasteiger partial charge on any atom is 0.119 e. The van der Waals surface area contributed by atoms with E-state index in [2.05, 4.69) is 23.5 Å². The summed E-state index contributed by atoms with van der Waals surface area (Å²) in [5.41, 5.74) is 1.38. The fourth-order valence-corrected chi connectivity index (χ4v) is 2.61. The average molecular weight is 257 g/mol. The number of ether oxygens (including phenoxy) is 1. The molecule has 0 aliphatic heterocycles. The van der Waals surface area contributed by atoms with Gasteiger partial charge in [0.15, 0.2) is 0 Å². The van der Waals surface area contributed by atoms with Crippen molar-refractivity contribution in [2.45, 2.75) is 31.3 Å². The Morgan fingerprint density at radius 2 is 2.16 bits per heavy atom. The zero-order valence-electron chi connectivity index (χ0n) is 11.1. The Kier molecular flexibility index (Phi) is 3.56. The third kappa shape index (κ3) is 2.82. The second kappa shape index (κ2) is 5.49. The van der Waals surface area contributed by atoms with Crippen LogP contribution in [0.25, 0.3) is 0 Å². The lowest BCUT2D eigenvalue weighted by atomic mass is 9.76. The van der Waals surface area contributed by atoms with Crippen LogP contribution in [-0.2, 0) is 6.54 Å². The van der Waals surface area contributed by atoms with Crippen LogP contribution in [0.2, 0.25) is 0 Å². The molecular formula is C16H19NO2. The molecule has 0 saturated heterocycles. The van der Waals surface area contributed by atoms with Crippen LogP contribution in [0.5, 0.6) is 5.75 Å². The summed E-state index contributed by atoms with van der Waals surface area (Å²) < 4.78 is 10.6. The Labute approximate surface area is 113 Å². The van der Waals surface area contributed by atoms with Crippen molar-refractivity contribution in [3.05, 3.63) is 54.0 Å². The summed E-state index contributed by atoms with van der Waals surface area (Å²) in [5, 5.41) is 3.52. The van der Waals surface area contributed by atoms with Gasteiger partial charge in [-0.05, 0) is 48.6 Å². The maximum absolute atomic E-state index is 5.32. The molecule has 100 valence electrons. The number of hydrogen-bond donors (Lipinski definition) is 1. The van der Waals surface area contributed by atoms with E-state index >= 15 is 0 Å². The molecule has 1 heterocycles. The molecule has 1 saturated carbocycles. The fraction of sp³-hybridized carbons (Fsp3) is 0.375. The molecule has 1 aliphatic rings. The van der Waals surface area contributed by atoms with E-state index in [9.17, 15) is 0 Å². The van der Waals surface area contributed by atoms with Crippen LogP contribution in [0.1, 0.15) is 30.1 Å². The van der Waals surface area contributed by atoms with Gasteiger partial charge in [-0.2, -0.15) is 0 Å². The van der Waals surface area contributed by atoms with E-state index in [1.54, 1.807) is 13.4 Å². The molecule has 3 heteroatoms. The zero-order valence-corrected chi connectivity index (χ0v) is 11.1. The third-order valence-electron chi connectivity index (χ3n) is 3.85. The molecule has 0 spiro atoms. The van der Waals surface area contributed by atoms with E-state index in [0.29, 0.717) is 12.0 Å². The van der Waals surface area contributed by atoms with Gasteiger partial charge >= 0.3 is 0 Å². The first-order chi connectivity index (χ1) is 9.35. The summed E-state index contributed by atoms with van der Waals surface area (Å²) in [6.45, 7) is 0.822. The largest absolute Gasteiger partial charge is 0.497 e. The molecular weight excluding hydrogens is 238 g/mol. The highest BCUT2D eigenvalue weighted by Crippen LogP contribution is 2.38. The van der Waals surface area contributed by atoms with Crippen molar-refractivity contribution in [1.29, 1.82) is 0 Å². The predicted molar refractivity (Wildman–Crippen MR) is 74.3 cm³/mol. The molecule has 0 atom stereocenters. The summed E-state index contributed by atoms with van der Waals surface area (Å²) in [5.74, 6) is 2.61. The lowest BCUT2D eigenvalue weighted by molar-refractivity contribution is 0.281. The molecule has 1 fully saturated rings. The van der Waals surface area contributed by atoms with Gasteiger partial charge < -0.3 is 14.5 Å². The molecule has 0 unspecified atom stereocenters. The Morgan fingerprint density at radius 3 is 2.89 bits per heavy atom. The van der Waals surface area contributed by atoms with Gasteiger partial charge in [-0.1, -0.05) is 12.1 Å². The molecule has 3 nitrogen and oxygen atoms in total. The van der Waals surface area contributed by atoms with Gasteiger partial charge in [0.05, 0.1) is 19.9 Å². The monoisotopic (exact) mass is 257 g/mol. The van der Waals surface area contributed by atoms with Gasteiger partial charge in [0.2, 0.25) is 0 Å². The molecule has 0 radical (unpaired) electrons. The maximum atomic E-state index is 5.32. The Morgan fingerprint density at radius 1 is 1.26 bits per heavy atom. The minimum atomic E-state index is 0.598. The molecule has 1 aromatic heterocycles. The highest BCUT2D eigenvalue weighted by molar-refractivity contribution is 5.32. The Balaban J connectivity index is 1.49. The van der Waals surface area contributed by atoms with Crippen LogP contribution >= 0.6 is 0 Å². The molecule has 19 heavy (non-hydrogen) atoms. The summed E-state index contributed by atoms with van der Waals surface area (Å²) in [6.07, 6.45) is 4.10. The van der Waals surface area contributed by atoms with E-state index in [1.807, 2.05) is 18.2 Å². The van der Waals surface area contributed by atoms with E-state index in [1.165, 1.54) is 18.4 Å². The molecule has 1 N–H and O–H groups in total. The van der Waals surface area contributed by atoms with Gasteiger partial charge in [0.1, 0.15) is 11.5 Å². The normalized spacial score (nSPS) is 21.9. The molecule has 1 aromatic carbocycles. The minimum absolute atomic E-state index is 0.598. The molecule has 1 aliphatic carbocycles. The first kappa shape index (κ1) is 12.3. The van der Waals surface area contributed by atoms with Crippen molar-refractivity contribution in [3.8, 4) is 5.75 Å². The van der Waals surface area contributed by atoms with Crippen molar-refractivity contribution in [1.82, 2.24) is 5.32 Å². The van der Waals surface area contributed by atoms with E-state index in [0.717, 1.165) is 18.1 Å². The first-order valence-electron chi connectivity index (χ1n) is 6.75. The smallest absolute Gasteiger partial charge is 0.119 e. The lowest BCUT2D eigenvalue weighted by Gasteiger charge is -2.36. The van der Waals surface area contributed by atoms with Crippen LogP contribution in [0.4, 0.5) is 0 Å². The minimum Gasteiger partial charge on any atom is -0.497 e. The number of methoxy groups -OCH3 is 1. The van der Waals surface area contributed by atoms with Crippen molar-refractivity contribution < 1.29 is 9.15 Å². The van der Waals surface area contributed by atoms with Gasteiger partial charge in [0, 0.05) is 6.04 Å². The van der Waals surface area contributed by atoms with Crippen molar-refractivity contribution in [3.63, 3.8) is 0 Å². The Bertz CT molecular complexity index is 515. The predicted octanol–water partition coefficient (Wildman–Crippen LogP) is 3.32. The number of hydrogen-bond acceptors (Lipinski definition) is 3. The van der Waals surface area contributed by atoms with Crippen LogP contribution in [0, 0.1) is 0 Å². The summed E-state index contributed by atoms with van der Waals surface area (Å²) in [7, 11) is 1.72. The number of furan rings is 1. The molecule has 2 aromatic rings. The molecule has 0 amide bonds. The average Bonchev–Trinajstić information content (AvgIpc) is 2.90. The van der Waals surface area contributed by atoms with Gasteiger partial charge in [-0.3, -0.25) is 0 Å². The van der Waals surface area contributed by atoms with Crippen molar-refractivity contribution in [2.75, 3.05) is 7.11 Å². The van der Waals surface area contributed by atoms with Gasteiger partial charge in [-0.25, -0.2) is 0 Å². The Hall–Kier alpha value is -1.74. The van der Waals surface area contributed by atoms with Crippen molar-refractivity contribution in [2.24, 2.45) is 0 Å². The van der Waals surface area contributed by atoms with E-state index in [-0.39, 0.29) is 0 Å². The second-order valence-corrected chi connectivity index (χ2v) is 5.10. The molecule has 0 bridgehead atoms.